The summed E-state index contributed by atoms with van der Waals surface area (Å²) in [6.45, 7) is 2.98. The number of nitrogens with zero attached hydrogens (tertiary/aromatic N) is 1. The lowest BCUT2D eigenvalue weighted by atomic mass is 9.95. The third kappa shape index (κ3) is 5.55. The van der Waals surface area contributed by atoms with Crippen LogP contribution in [0, 0.1) is 11.7 Å². The number of hydrogen-bond acceptors (Lipinski definition) is 2. The predicted octanol–water partition coefficient (Wildman–Crippen LogP) is 4.70. The van der Waals surface area contributed by atoms with Crippen LogP contribution in [0.1, 0.15) is 50.5 Å². The number of allylic oxidation sites excluding steroid dienone is 1. The van der Waals surface area contributed by atoms with E-state index in [0.29, 0.717) is 17.1 Å². The molecule has 0 aromatic heterocycles. The fourth-order valence-electron chi connectivity index (χ4n) is 3.87. The first kappa shape index (κ1) is 19.4. The van der Waals surface area contributed by atoms with Crippen LogP contribution in [0.4, 0.5) is 4.39 Å². The average molecular weight is 379 g/mol. The Morgan fingerprint density at radius 3 is 2.77 bits per heavy atom. The van der Waals surface area contributed by atoms with Crippen molar-refractivity contribution in [1.82, 2.24) is 10.2 Å². The molecule has 0 atom stereocenters. The number of piperidine rings is 1. The fourth-order valence-corrected chi connectivity index (χ4v) is 4.03. The highest BCUT2D eigenvalue weighted by atomic mass is 35.5. The monoisotopic (exact) mass is 378 g/mol. The lowest BCUT2D eigenvalue weighted by Gasteiger charge is -2.31. The fraction of sp³-hybridized carbons (Fsp3) is 0.571. The zero-order valence-corrected chi connectivity index (χ0v) is 16.0. The molecule has 1 fully saturated rings. The van der Waals surface area contributed by atoms with Crippen molar-refractivity contribution in [3.8, 4) is 0 Å². The van der Waals surface area contributed by atoms with Crippen LogP contribution in [0.5, 0.6) is 0 Å². The van der Waals surface area contributed by atoms with Crippen LogP contribution in [0.2, 0.25) is 5.02 Å². The second-order valence-electron chi connectivity index (χ2n) is 7.44. The molecule has 0 saturated carbocycles. The molecule has 0 unspecified atom stereocenters. The summed E-state index contributed by atoms with van der Waals surface area (Å²) in [7, 11) is 0. The molecule has 5 heteroatoms. The molecular formula is C21H28ClFN2O. The van der Waals surface area contributed by atoms with Gasteiger partial charge in [-0.2, -0.15) is 0 Å². The van der Waals surface area contributed by atoms with Gasteiger partial charge in [0.05, 0.1) is 0 Å². The van der Waals surface area contributed by atoms with Crippen molar-refractivity contribution in [3.05, 3.63) is 46.3 Å². The number of nitrogens with one attached hydrogen (secondary N) is 1. The van der Waals surface area contributed by atoms with Gasteiger partial charge in [0.2, 0.25) is 5.91 Å². The minimum atomic E-state index is -0.255. The Morgan fingerprint density at radius 2 is 2.08 bits per heavy atom. The first-order chi connectivity index (χ1) is 12.6. The van der Waals surface area contributed by atoms with Crippen LogP contribution in [-0.2, 0) is 11.3 Å². The number of likely N-dealkylation sites (tertiary alicyclic amines) is 1. The topological polar surface area (TPSA) is 32.3 Å². The molecule has 1 heterocycles. The molecule has 1 aromatic rings. The van der Waals surface area contributed by atoms with E-state index in [1.165, 1.54) is 37.3 Å². The first-order valence-corrected chi connectivity index (χ1v) is 10.1. The second kappa shape index (κ2) is 9.52. The van der Waals surface area contributed by atoms with Crippen molar-refractivity contribution in [2.24, 2.45) is 5.92 Å². The zero-order valence-electron chi connectivity index (χ0n) is 15.3. The highest BCUT2D eigenvalue weighted by molar-refractivity contribution is 6.30. The standard InChI is InChI=1S/C21H28ClFN2O/c22-19-7-6-18(20(23)14-19)15-25-12-9-17(10-13-25)21(26)24-11-8-16-4-2-1-3-5-16/h4,6-7,14,17H,1-3,5,8-13,15H2,(H,24,26). The van der Waals surface area contributed by atoms with Gasteiger partial charge in [0.1, 0.15) is 5.82 Å². The van der Waals surface area contributed by atoms with E-state index in [0.717, 1.165) is 38.9 Å². The maximum atomic E-state index is 13.9. The smallest absolute Gasteiger partial charge is 0.223 e. The van der Waals surface area contributed by atoms with Gasteiger partial charge in [0.25, 0.3) is 0 Å². The number of carbonyl (C=O) groups excluding carboxylic acids is 1. The molecule has 2 aliphatic rings. The molecule has 1 aromatic carbocycles. The molecular weight excluding hydrogens is 351 g/mol. The van der Waals surface area contributed by atoms with Gasteiger partial charge in [0, 0.05) is 29.6 Å². The van der Waals surface area contributed by atoms with E-state index in [1.807, 2.05) is 0 Å². The van der Waals surface area contributed by atoms with E-state index < -0.39 is 0 Å². The average Bonchev–Trinajstić information content (AvgIpc) is 2.65. The molecule has 142 valence electrons. The number of carbonyl (C=O) groups is 1. The summed E-state index contributed by atoms with van der Waals surface area (Å²) in [5, 5.41) is 3.53. The van der Waals surface area contributed by atoms with Gasteiger partial charge >= 0.3 is 0 Å². The summed E-state index contributed by atoms with van der Waals surface area (Å²) in [4.78, 5) is 14.6. The highest BCUT2D eigenvalue weighted by Gasteiger charge is 2.25. The van der Waals surface area contributed by atoms with Gasteiger partial charge in [0.15, 0.2) is 0 Å². The summed E-state index contributed by atoms with van der Waals surface area (Å²) < 4.78 is 13.9. The normalized spacial score (nSPS) is 19.2. The quantitative estimate of drug-likeness (QED) is 0.728. The first-order valence-electron chi connectivity index (χ1n) is 9.74. The van der Waals surface area contributed by atoms with Gasteiger partial charge in [-0.05, 0) is 70.2 Å². The van der Waals surface area contributed by atoms with Crippen molar-refractivity contribution in [1.29, 1.82) is 0 Å². The van der Waals surface area contributed by atoms with Crippen LogP contribution in [-0.4, -0.2) is 30.4 Å². The Labute approximate surface area is 160 Å². The molecule has 1 aliphatic heterocycles. The summed E-state index contributed by atoms with van der Waals surface area (Å²) in [5.41, 5.74) is 2.16. The Bertz CT molecular complexity index is 653. The van der Waals surface area contributed by atoms with E-state index in [-0.39, 0.29) is 17.6 Å². The van der Waals surface area contributed by atoms with Crippen molar-refractivity contribution in [2.75, 3.05) is 19.6 Å². The Kier molecular flexibility index (Phi) is 7.09. The van der Waals surface area contributed by atoms with Crippen molar-refractivity contribution in [3.63, 3.8) is 0 Å². The van der Waals surface area contributed by atoms with Gasteiger partial charge in [-0.3, -0.25) is 9.69 Å². The molecule has 3 rings (SSSR count). The van der Waals surface area contributed by atoms with Gasteiger partial charge in [-0.15, -0.1) is 0 Å². The third-order valence-corrected chi connectivity index (χ3v) is 5.73. The van der Waals surface area contributed by atoms with Crippen molar-refractivity contribution in [2.45, 2.75) is 51.5 Å². The molecule has 3 nitrogen and oxygen atoms in total. The van der Waals surface area contributed by atoms with E-state index in [2.05, 4.69) is 16.3 Å². The van der Waals surface area contributed by atoms with Crippen LogP contribution in [0.3, 0.4) is 0 Å². The number of rotatable bonds is 6. The molecule has 0 spiro atoms. The van der Waals surface area contributed by atoms with Gasteiger partial charge < -0.3 is 5.32 Å². The number of halogens is 2. The molecule has 0 bridgehead atoms. The summed E-state index contributed by atoms with van der Waals surface area (Å²) in [5.74, 6) is 0.00904. The minimum Gasteiger partial charge on any atom is -0.356 e. The second-order valence-corrected chi connectivity index (χ2v) is 7.87. The highest BCUT2D eigenvalue weighted by Crippen LogP contribution is 2.22. The van der Waals surface area contributed by atoms with Gasteiger partial charge in [-0.25, -0.2) is 4.39 Å². The van der Waals surface area contributed by atoms with Crippen LogP contribution in [0.25, 0.3) is 0 Å². The summed E-state index contributed by atoms with van der Waals surface area (Å²) >= 11 is 5.80. The lowest BCUT2D eigenvalue weighted by molar-refractivity contribution is -0.126. The van der Waals surface area contributed by atoms with Crippen LogP contribution in [0.15, 0.2) is 29.8 Å². The van der Waals surface area contributed by atoms with E-state index in [1.54, 1.807) is 12.1 Å². The Hall–Kier alpha value is -1.39. The predicted molar refractivity (Wildman–Crippen MR) is 104 cm³/mol. The Balaban J connectivity index is 1.38. The summed E-state index contributed by atoms with van der Waals surface area (Å²) in [6.07, 6.45) is 9.96. The third-order valence-electron chi connectivity index (χ3n) is 5.50. The maximum Gasteiger partial charge on any atom is 0.223 e. The lowest BCUT2D eigenvalue weighted by Crippen LogP contribution is -2.40. The number of amides is 1. The largest absolute Gasteiger partial charge is 0.356 e. The Morgan fingerprint density at radius 1 is 1.27 bits per heavy atom. The van der Waals surface area contributed by atoms with Gasteiger partial charge in [-0.1, -0.05) is 29.3 Å². The molecule has 1 saturated heterocycles. The van der Waals surface area contributed by atoms with Crippen LogP contribution >= 0.6 is 11.6 Å². The van der Waals surface area contributed by atoms with Crippen molar-refractivity contribution >= 4 is 17.5 Å². The number of hydrogen-bond donors (Lipinski definition) is 1. The van der Waals surface area contributed by atoms with Crippen molar-refractivity contribution < 1.29 is 9.18 Å². The van der Waals surface area contributed by atoms with Crippen LogP contribution < -0.4 is 5.32 Å². The maximum absolute atomic E-state index is 13.9. The van der Waals surface area contributed by atoms with E-state index in [9.17, 15) is 9.18 Å². The van der Waals surface area contributed by atoms with E-state index in [4.69, 9.17) is 11.6 Å². The summed E-state index contributed by atoms with van der Waals surface area (Å²) in [6, 6.07) is 4.83. The SMILES string of the molecule is O=C(NCCC1=CCCCC1)C1CCN(Cc2ccc(Cl)cc2F)CC1. The minimum absolute atomic E-state index is 0.0849. The molecule has 26 heavy (non-hydrogen) atoms. The zero-order chi connectivity index (χ0) is 18.4. The molecule has 1 amide bonds. The molecule has 1 aliphatic carbocycles. The number of benzene rings is 1. The van der Waals surface area contributed by atoms with E-state index >= 15 is 0 Å². The molecule has 0 radical (unpaired) electrons. The molecule has 1 N–H and O–H groups in total.